The molecule has 3 heterocycles. The summed E-state index contributed by atoms with van der Waals surface area (Å²) in [5, 5.41) is 6.83. The molecule has 0 fully saturated rings. The number of carbonyl (C=O) groups excluding carboxylic acids is 3. The Hall–Kier alpha value is -4.75. The van der Waals surface area contributed by atoms with Crippen molar-refractivity contribution in [1.29, 1.82) is 0 Å². The molecule has 6 rings (SSSR count). The van der Waals surface area contributed by atoms with E-state index in [1.807, 2.05) is 48.5 Å². The van der Waals surface area contributed by atoms with Gasteiger partial charge in [0.2, 0.25) is 5.91 Å². The summed E-state index contributed by atoms with van der Waals surface area (Å²) in [6, 6.07) is 21.8. The van der Waals surface area contributed by atoms with Gasteiger partial charge in [0.15, 0.2) is 0 Å². The first kappa shape index (κ1) is 22.7. The maximum absolute atomic E-state index is 14.1. The Bertz CT molecular complexity index is 1520. The molecule has 0 saturated carbocycles. The van der Waals surface area contributed by atoms with Crippen molar-refractivity contribution in [3.63, 3.8) is 0 Å². The standard InChI is InChI=1S/C28H22N6O3/c29-33-31-15-13-27(17-30-22-11-5-3-9-20(22)27)28(21-10-4-6-12-23(21)32-26(28)37)14-16-34-24(35)18-7-1-2-8-19(18)25(34)36/h1-12,17H,13-16H2,(H,32,37)/t27-,28-/m0/s1. The number of aliphatic imine (C=N–C) groups is 1. The molecular weight excluding hydrogens is 468 g/mol. The van der Waals surface area contributed by atoms with Gasteiger partial charge in [-0.1, -0.05) is 53.6 Å². The molecule has 3 aromatic rings. The molecule has 3 aliphatic heterocycles. The summed E-state index contributed by atoms with van der Waals surface area (Å²) >= 11 is 0. The number of azide groups is 1. The third-order valence-electron chi connectivity index (χ3n) is 7.85. The lowest BCUT2D eigenvalue weighted by Crippen LogP contribution is -2.56. The molecule has 0 radical (unpaired) electrons. The number of hydrogen-bond acceptors (Lipinski definition) is 5. The van der Waals surface area contributed by atoms with Crippen molar-refractivity contribution < 1.29 is 14.4 Å². The molecule has 0 aromatic heterocycles. The molecule has 0 spiro atoms. The monoisotopic (exact) mass is 490 g/mol. The summed E-state index contributed by atoms with van der Waals surface area (Å²) in [6.45, 7) is 0.175. The number of nitrogens with zero attached hydrogens (tertiary/aromatic N) is 5. The Kier molecular flexibility index (Phi) is 5.17. The Morgan fingerprint density at radius 2 is 1.51 bits per heavy atom. The summed E-state index contributed by atoms with van der Waals surface area (Å²) in [5.74, 6) is -0.980. The lowest BCUT2D eigenvalue weighted by molar-refractivity contribution is -0.123. The van der Waals surface area contributed by atoms with Crippen molar-refractivity contribution >= 4 is 35.3 Å². The normalized spacial score (nSPS) is 22.9. The van der Waals surface area contributed by atoms with E-state index in [1.165, 1.54) is 4.90 Å². The van der Waals surface area contributed by atoms with Crippen molar-refractivity contribution in [2.24, 2.45) is 10.1 Å². The SMILES string of the molecule is [N-]=[N+]=NCC[C@]1([C@]2(CCN3C(=O)c4ccccc4C3=O)C(=O)Nc3ccccc32)C=Nc2ccccc21. The zero-order valence-electron chi connectivity index (χ0n) is 19.8. The molecule has 9 nitrogen and oxygen atoms in total. The number of anilines is 1. The van der Waals surface area contributed by atoms with Crippen LogP contribution in [0.2, 0.25) is 0 Å². The van der Waals surface area contributed by atoms with Crippen molar-refractivity contribution in [3.05, 3.63) is 105 Å². The molecule has 0 aliphatic carbocycles. The van der Waals surface area contributed by atoms with Gasteiger partial charge in [0, 0.05) is 29.9 Å². The number of benzene rings is 3. The van der Waals surface area contributed by atoms with E-state index in [0.717, 1.165) is 16.8 Å². The highest BCUT2D eigenvalue weighted by molar-refractivity contribution is 6.21. The van der Waals surface area contributed by atoms with Crippen molar-refractivity contribution in [2.45, 2.75) is 23.7 Å². The van der Waals surface area contributed by atoms with E-state index in [2.05, 4.69) is 20.3 Å². The average Bonchev–Trinajstić information content (AvgIpc) is 3.52. The van der Waals surface area contributed by atoms with Gasteiger partial charge in [-0.2, -0.15) is 0 Å². The van der Waals surface area contributed by atoms with Crippen LogP contribution >= 0.6 is 0 Å². The first-order valence-corrected chi connectivity index (χ1v) is 12.1. The number of para-hydroxylation sites is 2. The Morgan fingerprint density at radius 3 is 2.24 bits per heavy atom. The topological polar surface area (TPSA) is 128 Å². The number of amides is 3. The van der Waals surface area contributed by atoms with E-state index in [1.54, 1.807) is 30.5 Å². The smallest absolute Gasteiger partial charge is 0.261 e. The molecule has 2 atom stereocenters. The quantitative estimate of drug-likeness (QED) is 0.219. The summed E-state index contributed by atoms with van der Waals surface area (Å²) in [7, 11) is 0. The summed E-state index contributed by atoms with van der Waals surface area (Å²) in [6.07, 6.45) is 2.27. The van der Waals surface area contributed by atoms with Crippen LogP contribution in [-0.4, -0.2) is 41.9 Å². The summed E-state index contributed by atoms with van der Waals surface area (Å²) < 4.78 is 0. The van der Waals surface area contributed by atoms with Crippen LogP contribution in [0.15, 0.2) is 82.9 Å². The predicted octanol–water partition coefficient (Wildman–Crippen LogP) is 4.92. The predicted molar refractivity (Wildman–Crippen MR) is 138 cm³/mol. The van der Waals surface area contributed by atoms with Crippen molar-refractivity contribution in [2.75, 3.05) is 18.4 Å². The first-order chi connectivity index (χ1) is 18.0. The fourth-order valence-corrected chi connectivity index (χ4v) is 6.19. The second-order valence-electron chi connectivity index (χ2n) is 9.41. The van der Waals surface area contributed by atoms with E-state index < -0.39 is 10.8 Å². The van der Waals surface area contributed by atoms with Crippen molar-refractivity contribution in [1.82, 2.24) is 4.90 Å². The largest absolute Gasteiger partial charge is 0.325 e. The molecule has 0 bridgehead atoms. The molecular formula is C28H22N6O3. The number of hydrogen-bond donors (Lipinski definition) is 1. The van der Waals surface area contributed by atoms with Gasteiger partial charge in [-0.3, -0.25) is 24.3 Å². The van der Waals surface area contributed by atoms with Gasteiger partial charge in [-0.25, -0.2) is 0 Å². The third-order valence-corrected chi connectivity index (χ3v) is 7.85. The lowest BCUT2D eigenvalue weighted by atomic mass is 9.55. The van der Waals surface area contributed by atoms with Crippen LogP contribution in [0.1, 0.15) is 44.7 Å². The van der Waals surface area contributed by atoms with Gasteiger partial charge in [-0.15, -0.1) is 0 Å². The van der Waals surface area contributed by atoms with Crippen LogP contribution < -0.4 is 5.32 Å². The Balaban J connectivity index is 1.50. The summed E-state index contributed by atoms with van der Waals surface area (Å²) in [5.41, 5.74) is 10.6. The number of carbonyl (C=O) groups is 3. The van der Waals surface area contributed by atoms with E-state index >= 15 is 0 Å². The summed E-state index contributed by atoms with van der Waals surface area (Å²) in [4.78, 5) is 49.3. The Morgan fingerprint density at radius 1 is 0.865 bits per heavy atom. The molecule has 3 amide bonds. The molecule has 0 unspecified atom stereocenters. The van der Waals surface area contributed by atoms with Crippen LogP contribution in [0.3, 0.4) is 0 Å². The van der Waals surface area contributed by atoms with E-state index in [4.69, 9.17) is 5.53 Å². The van der Waals surface area contributed by atoms with Gasteiger partial charge < -0.3 is 5.32 Å². The average molecular weight is 491 g/mol. The highest BCUT2D eigenvalue weighted by atomic mass is 16.2. The maximum Gasteiger partial charge on any atom is 0.261 e. The molecule has 1 N–H and O–H groups in total. The van der Waals surface area contributed by atoms with E-state index in [-0.39, 0.29) is 37.2 Å². The highest BCUT2D eigenvalue weighted by Crippen LogP contribution is 2.57. The fraction of sp³-hybridized carbons (Fsp3) is 0.214. The molecule has 3 aliphatic rings. The van der Waals surface area contributed by atoms with Gasteiger partial charge in [0.25, 0.3) is 11.8 Å². The van der Waals surface area contributed by atoms with Crippen LogP contribution in [0, 0.1) is 0 Å². The van der Waals surface area contributed by atoms with Gasteiger partial charge >= 0.3 is 0 Å². The van der Waals surface area contributed by atoms with Crippen LogP contribution in [-0.2, 0) is 15.6 Å². The number of fused-ring (bicyclic) bond motifs is 3. The zero-order valence-corrected chi connectivity index (χ0v) is 19.8. The second kappa shape index (κ2) is 8.43. The minimum absolute atomic E-state index is 0.0351. The minimum atomic E-state index is -1.21. The second-order valence-corrected chi connectivity index (χ2v) is 9.41. The fourth-order valence-electron chi connectivity index (χ4n) is 6.19. The van der Waals surface area contributed by atoms with Crippen molar-refractivity contribution in [3.8, 4) is 0 Å². The van der Waals surface area contributed by atoms with Gasteiger partial charge in [0.05, 0.1) is 27.6 Å². The molecule has 182 valence electrons. The van der Waals surface area contributed by atoms with E-state index in [0.29, 0.717) is 23.2 Å². The van der Waals surface area contributed by atoms with Crippen LogP contribution in [0.5, 0.6) is 0 Å². The number of nitrogens with one attached hydrogen (secondary N) is 1. The number of imide groups is 1. The first-order valence-electron chi connectivity index (χ1n) is 12.1. The van der Waals surface area contributed by atoms with Crippen LogP contribution in [0.4, 0.5) is 11.4 Å². The third kappa shape index (κ3) is 3.07. The lowest BCUT2D eigenvalue weighted by Gasteiger charge is -2.44. The van der Waals surface area contributed by atoms with Crippen LogP contribution in [0.25, 0.3) is 10.4 Å². The number of rotatable bonds is 7. The molecule has 3 aromatic carbocycles. The molecule has 9 heteroatoms. The highest BCUT2D eigenvalue weighted by Gasteiger charge is 2.62. The molecule has 37 heavy (non-hydrogen) atoms. The van der Waals surface area contributed by atoms with E-state index in [9.17, 15) is 14.4 Å². The van der Waals surface area contributed by atoms with Gasteiger partial charge in [0.1, 0.15) is 0 Å². The minimum Gasteiger partial charge on any atom is -0.325 e. The zero-order chi connectivity index (χ0) is 25.6. The maximum atomic E-state index is 14.1. The van der Waals surface area contributed by atoms with Gasteiger partial charge in [-0.05, 0) is 53.8 Å². The Labute approximate surface area is 212 Å². The molecule has 0 saturated heterocycles.